The van der Waals surface area contributed by atoms with Crippen LogP contribution in [0.15, 0.2) is 57.9 Å². The summed E-state index contributed by atoms with van der Waals surface area (Å²) in [5, 5.41) is 5.50. The number of nitrogens with one attached hydrogen (secondary N) is 2. The number of benzene rings is 2. The van der Waals surface area contributed by atoms with Crippen LogP contribution in [0.5, 0.6) is 0 Å². The lowest BCUT2D eigenvalue weighted by molar-refractivity contribution is 0.0926. The molecule has 2 aromatic carbocycles. The molecule has 2 N–H and O–H groups in total. The Labute approximate surface area is 142 Å². The molecule has 0 radical (unpaired) electrons. The average molecular weight is 379 g/mol. The molecule has 0 atom stereocenters. The van der Waals surface area contributed by atoms with Gasteiger partial charge in [0.05, 0.1) is 5.56 Å². The molecule has 2 rings (SSSR count). The summed E-state index contributed by atoms with van der Waals surface area (Å²) in [5.74, 6) is -0.375. The van der Waals surface area contributed by atoms with E-state index in [2.05, 4.69) is 39.2 Å². The van der Waals surface area contributed by atoms with Gasteiger partial charge in [0.1, 0.15) is 0 Å². The summed E-state index contributed by atoms with van der Waals surface area (Å²) in [6.07, 6.45) is 0. The zero-order valence-electron chi connectivity index (χ0n) is 11.7. The molecule has 0 aromatic heterocycles. The first-order valence-electron chi connectivity index (χ1n) is 6.68. The van der Waals surface area contributed by atoms with Crippen molar-refractivity contribution in [1.29, 1.82) is 0 Å². The largest absolute Gasteiger partial charge is 0.350 e. The van der Waals surface area contributed by atoms with Crippen LogP contribution in [0.4, 0.5) is 0 Å². The zero-order valence-corrected chi connectivity index (χ0v) is 14.2. The number of halogens is 1. The van der Waals surface area contributed by atoms with Crippen molar-refractivity contribution in [2.45, 2.75) is 4.90 Å². The molecule has 0 aliphatic rings. The lowest BCUT2D eigenvalue weighted by atomic mass is 10.2. The van der Waals surface area contributed by atoms with Gasteiger partial charge in [-0.25, -0.2) is 0 Å². The van der Waals surface area contributed by atoms with E-state index in [4.69, 9.17) is 0 Å². The maximum atomic E-state index is 11.9. The smallest absolute Gasteiger partial charge is 0.252 e. The Hall–Kier alpha value is -1.79. The minimum Gasteiger partial charge on any atom is -0.350 e. The standard InChI is InChI=1S/C16H15BrN2O2S/c17-12-7-5-11(6-8-12)15(20)18-9-10-19-16(21)13-3-1-2-4-14(13)22/h1-8,22H,9-10H2,(H,18,20)(H,19,21). The van der Waals surface area contributed by atoms with E-state index in [9.17, 15) is 9.59 Å². The van der Waals surface area contributed by atoms with Gasteiger partial charge in [-0.1, -0.05) is 28.1 Å². The van der Waals surface area contributed by atoms with E-state index in [1.165, 1.54) is 0 Å². The highest BCUT2D eigenvalue weighted by Gasteiger charge is 2.08. The van der Waals surface area contributed by atoms with Crippen LogP contribution in [0, 0.1) is 0 Å². The number of hydrogen-bond acceptors (Lipinski definition) is 3. The summed E-state index contributed by atoms with van der Waals surface area (Å²) >= 11 is 7.55. The van der Waals surface area contributed by atoms with Gasteiger partial charge in [-0.15, -0.1) is 12.6 Å². The number of hydrogen-bond donors (Lipinski definition) is 3. The highest BCUT2D eigenvalue weighted by Crippen LogP contribution is 2.12. The molecule has 2 aromatic rings. The molecule has 0 unspecified atom stereocenters. The topological polar surface area (TPSA) is 58.2 Å². The van der Waals surface area contributed by atoms with Crippen LogP contribution < -0.4 is 10.6 Å². The first kappa shape index (κ1) is 16.6. The van der Waals surface area contributed by atoms with Crippen molar-refractivity contribution in [3.05, 3.63) is 64.1 Å². The Bertz CT molecular complexity index is 674. The summed E-state index contributed by atoms with van der Waals surface area (Å²) in [5.41, 5.74) is 1.10. The van der Waals surface area contributed by atoms with Crippen LogP contribution in [0.1, 0.15) is 20.7 Å². The molecule has 114 valence electrons. The fraction of sp³-hybridized carbons (Fsp3) is 0.125. The molecular weight excluding hydrogens is 364 g/mol. The minimum absolute atomic E-state index is 0.170. The first-order chi connectivity index (χ1) is 10.6. The summed E-state index contributed by atoms with van der Waals surface area (Å²) in [7, 11) is 0. The molecule has 4 nitrogen and oxygen atoms in total. The second kappa shape index (κ2) is 8.00. The van der Waals surface area contributed by atoms with Crippen molar-refractivity contribution in [3.8, 4) is 0 Å². The van der Waals surface area contributed by atoms with Crippen LogP contribution in [0.25, 0.3) is 0 Å². The predicted molar refractivity (Wildman–Crippen MR) is 92.5 cm³/mol. The third-order valence-corrected chi connectivity index (χ3v) is 3.87. The molecule has 0 aliphatic carbocycles. The molecule has 0 heterocycles. The maximum absolute atomic E-state index is 11.9. The monoisotopic (exact) mass is 378 g/mol. The van der Waals surface area contributed by atoms with Crippen molar-refractivity contribution in [1.82, 2.24) is 10.6 Å². The van der Waals surface area contributed by atoms with Gasteiger partial charge in [0, 0.05) is 28.0 Å². The second-order valence-corrected chi connectivity index (χ2v) is 5.93. The van der Waals surface area contributed by atoms with E-state index < -0.39 is 0 Å². The molecule has 6 heteroatoms. The van der Waals surface area contributed by atoms with E-state index in [-0.39, 0.29) is 11.8 Å². The Morgan fingerprint density at radius 3 is 2.14 bits per heavy atom. The van der Waals surface area contributed by atoms with E-state index in [1.807, 2.05) is 6.07 Å². The molecule has 2 amide bonds. The highest BCUT2D eigenvalue weighted by molar-refractivity contribution is 9.10. The summed E-state index contributed by atoms with van der Waals surface area (Å²) in [4.78, 5) is 24.4. The molecule has 22 heavy (non-hydrogen) atoms. The molecular formula is C16H15BrN2O2S. The maximum Gasteiger partial charge on any atom is 0.252 e. The van der Waals surface area contributed by atoms with E-state index in [1.54, 1.807) is 42.5 Å². The Morgan fingerprint density at radius 1 is 0.909 bits per heavy atom. The number of thiol groups is 1. The molecule has 0 bridgehead atoms. The van der Waals surface area contributed by atoms with Crippen molar-refractivity contribution >= 4 is 40.4 Å². The summed E-state index contributed by atoms with van der Waals surface area (Å²) in [6.45, 7) is 0.707. The van der Waals surface area contributed by atoms with Crippen LogP contribution in [0.3, 0.4) is 0 Å². The van der Waals surface area contributed by atoms with Crippen LogP contribution in [0.2, 0.25) is 0 Å². The first-order valence-corrected chi connectivity index (χ1v) is 7.92. The SMILES string of the molecule is O=C(NCCNC(=O)c1ccccc1S)c1ccc(Br)cc1. The van der Waals surface area contributed by atoms with Gasteiger partial charge >= 0.3 is 0 Å². The lowest BCUT2D eigenvalue weighted by Crippen LogP contribution is -2.34. The van der Waals surface area contributed by atoms with Crippen molar-refractivity contribution in [3.63, 3.8) is 0 Å². The zero-order chi connectivity index (χ0) is 15.9. The van der Waals surface area contributed by atoms with Crippen LogP contribution in [-0.2, 0) is 0 Å². The highest BCUT2D eigenvalue weighted by atomic mass is 79.9. The fourth-order valence-electron chi connectivity index (χ4n) is 1.82. The van der Waals surface area contributed by atoms with Gasteiger partial charge in [-0.2, -0.15) is 0 Å². The predicted octanol–water partition coefficient (Wildman–Crippen LogP) is 2.90. The van der Waals surface area contributed by atoms with Gasteiger partial charge in [0.2, 0.25) is 0 Å². The Balaban J connectivity index is 1.77. The lowest BCUT2D eigenvalue weighted by Gasteiger charge is -2.08. The van der Waals surface area contributed by atoms with Gasteiger partial charge < -0.3 is 10.6 Å². The van der Waals surface area contributed by atoms with E-state index >= 15 is 0 Å². The third kappa shape index (κ3) is 4.61. The number of carbonyl (C=O) groups is 2. The van der Waals surface area contributed by atoms with Gasteiger partial charge in [-0.3, -0.25) is 9.59 Å². The van der Waals surface area contributed by atoms with Gasteiger partial charge in [-0.05, 0) is 36.4 Å². The van der Waals surface area contributed by atoms with Crippen molar-refractivity contribution < 1.29 is 9.59 Å². The number of rotatable bonds is 5. The van der Waals surface area contributed by atoms with Crippen LogP contribution in [-0.4, -0.2) is 24.9 Å². The number of carbonyl (C=O) groups excluding carboxylic acids is 2. The minimum atomic E-state index is -0.205. The Morgan fingerprint density at radius 2 is 1.50 bits per heavy atom. The quantitative estimate of drug-likeness (QED) is 0.553. The second-order valence-electron chi connectivity index (χ2n) is 4.54. The van der Waals surface area contributed by atoms with Crippen molar-refractivity contribution in [2.24, 2.45) is 0 Å². The van der Waals surface area contributed by atoms with Crippen LogP contribution >= 0.6 is 28.6 Å². The van der Waals surface area contributed by atoms with E-state index in [0.717, 1.165) is 4.47 Å². The number of amides is 2. The third-order valence-electron chi connectivity index (χ3n) is 2.95. The van der Waals surface area contributed by atoms with Gasteiger partial charge in [0.25, 0.3) is 11.8 Å². The molecule has 0 spiro atoms. The Kier molecular flexibility index (Phi) is 6.03. The molecule has 0 saturated heterocycles. The summed E-state index contributed by atoms with van der Waals surface area (Å²) < 4.78 is 0.918. The normalized spacial score (nSPS) is 10.1. The van der Waals surface area contributed by atoms with E-state index in [0.29, 0.717) is 29.1 Å². The molecule has 0 fully saturated rings. The summed E-state index contributed by atoms with van der Waals surface area (Å²) in [6, 6.07) is 14.1. The molecule has 0 saturated carbocycles. The molecule has 0 aliphatic heterocycles. The van der Waals surface area contributed by atoms with Gasteiger partial charge in [0.15, 0.2) is 0 Å². The van der Waals surface area contributed by atoms with Crippen molar-refractivity contribution in [2.75, 3.05) is 13.1 Å². The average Bonchev–Trinajstić information content (AvgIpc) is 2.52. The fourth-order valence-corrected chi connectivity index (χ4v) is 2.34.